The minimum absolute atomic E-state index is 0.0977. The van der Waals surface area contributed by atoms with Gasteiger partial charge in [-0.25, -0.2) is 0 Å². The quantitative estimate of drug-likeness (QED) is 0.633. The van der Waals surface area contributed by atoms with Crippen LogP contribution < -0.4 is 15.8 Å². The lowest BCUT2D eigenvalue weighted by Gasteiger charge is -2.10. The lowest BCUT2D eigenvalue weighted by Crippen LogP contribution is -2.26. The second-order valence-electron chi connectivity index (χ2n) is 4.79. The van der Waals surface area contributed by atoms with Crippen LogP contribution in [-0.4, -0.2) is 19.1 Å². The first-order valence-corrected chi connectivity index (χ1v) is 6.99. The summed E-state index contributed by atoms with van der Waals surface area (Å²) in [5.41, 5.74) is 7.87. The highest BCUT2D eigenvalue weighted by atomic mass is 16.5. The molecule has 1 amide bonds. The summed E-state index contributed by atoms with van der Waals surface area (Å²) in [6, 6.07) is 15.0. The molecule has 0 saturated heterocycles. The van der Waals surface area contributed by atoms with E-state index in [1.165, 1.54) is 0 Å². The fourth-order valence-corrected chi connectivity index (χ4v) is 1.98. The van der Waals surface area contributed by atoms with Crippen LogP contribution in [0.2, 0.25) is 0 Å². The number of carbonyl (C=O) groups is 1. The van der Waals surface area contributed by atoms with Crippen molar-refractivity contribution in [3.05, 3.63) is 59.7 Å². The summed E-state index contributed by atoms with van der Waals surface area (Å²) >= 11 is 0. The van der Waals surface area contributed by atoms with Gasteiger partial charge in [0.05, 0.1) is 6.61 Å². The molecule has 2 aromatic rings. The van der Waals surface area contributed by atoms with Crippen LogP contribution in [-0.2, 0) is 0 Å². The molecule has 0 spiro atoms. The van der Waals surface area contributed by atoms with Crippen molar-refractivity contribution in [1.82, 2.24) is 5.32 Å². The van der Waals surface area contributed by atoms with Gasteiger partial charge in [-0.3, -0.25) is 4.79 Å². The predicted molar refractivity (Wildman–Crippen MR) is 84.5 cm³/mol. The maximum atomic E-state index is 12.0. The minimum atomic E-state index is -0.0977. The lowest BCUT2D eigenvalue weighted by molar-refractivity contribution is 0.0951. The summed E-state index contributed by atoms with van der Waals surface area (Å²) in [5, 5.41) is 2.88. The summed E-state index contributed by atoms with van der Waals surface area (Å²) in [5.74, 6) is 0.745. The molecule has 21 heavy (non-hydrogen) atoms. The van der Waals surface area contributed by atoms with Crippen molar-refractivity contribution in [2.75, 3.05) is 18.9 Å². The van der Waals surface area contributed by atoms with Gasteiger partial charge in [-0.1, -0.05) is 24.3 Å². The molecule has 0 saturated carbocycles. The van der Waals surface area contributed by atoms with Crippen molar-refractivity contribution in [2.24, 2.45) is 0 Å². The number of rotatable bonds is 6. The Morgan fingerprint density at radius 1 is 1.14 bits per heavy atom. The van der Waals surface area contributed by atoms with Crippen molar-refractivity contribution >= 4 is 11.6 Å². The average Bonchev–Trinajstić information content (AvgIpc) is 2.50. The molecule has 0 fully saturated rings. The van der Waals surface area contributed by atoms with E-state index in [4.69, 9.17) is 10.5 Å². The van der Waals surface area contributed by atoms with Gasteiger partial charge in [0, 0.05) is 17.8 Å². The average molecular weight is 284 g/mol. The molecule has 2 rings (SSSR count). The zero-order valence-electron chi connectivity index (χ0n) is 12.1. The Hall–Kier alpha value is -2.49. The molecule has 0 aliphatic rings. The second-order valence-corrected chi connectivity index (χ2v) is 4.79. The van der Waals surface area contributed by atoms with E-state index in [-0.39, 0.29) is 5.91 Å². The largest absolute Gasteiger partial charge is 0.494 e. The second kappa shape index (κ2) is 7.33. The van der Waals surface area contributed by atoms with Gasteiger partial charge in [-0.2, -0.15) is 0 Å². The fourth-order valence-electron chi connectivity index (χ4n) is 1.98. The standard InChI is InChI=1S/C17H20N2O2/c1-13-15(9-5-10-16(13)18)17(20)19-11-6-12-21-14-7-3-2-4-8-14/h2-5,7-10H,6,11-12,18H2,1H3,(H,19,20). The Morgan fingerprint density at radius 2 is 1.90 bits per heavy atom. The third kappa shape index (κ3) is 4.24. The van der Waals surface area contributed by atoms with E-state index in [0.29, 0.717) is 24.4 Å². The van der Waals surface area contributed by atoms with E-state index in [9.17, 15) is 4.79 Å². The third-order valence-electron chi connectivity index (χ3n) is 3.24. The van der Waals surface area contributed by atoms with Crippen molar-refractivity contribution in [1.29, 1.82) is 0 Å². The number of hydrogen-bond acceptors (Lipinski definition) is 3. The third-order valence-corrected chi connectivity index (χ3v) is 3.24. The van der Waals surface area contributed by atoms with Crippen LogP contribution in [0, 0.1) is 6.92 Å². The van der Waals surface area contributed by atoms with E-state index < -0.39 is 0 Å². The molecule has 4 nitrogen and oxygen atoms in total. The van der Waals surface area contributed by atoms with Crippen LogP contribution in [0.5, 0.6) is 5.75 Å². The first-order valence-electron chi connectivity index (χ1n) is 6.99. The lowest BCUT2D eigenvalue weighted by atomic mass is 10.1. The number of para-hydroxylation sites is 1. The molecule has 0 unspecified atom stereocenters. The van der Waals surface area contributed by atoms with Gasteiger partial charge in [0.25, 0.3) is 5.91 Å². The molecule has 0 heterocycles. The van der Waals surface area contributed by atoms with Crippen LogP contribution >= 0.6 is 0 Å². The van der Waals surface area contributed by atoms with Crippen molar-refractivity contribution in [3.63, 3.8) is 0 Å². The first kappa shape index (κ1) is 14.9. The van der Waals surface area contributed by atoms with E-state index in [2.05, 4.69) is 5.32 Å². The van der Waals surface area contributed by atoms with E-state index >= 15 is 0 Å². The Balaban J connectivity index is 1.73. The van der Waals surface area contributed by atoms with E-state index in [1.54, 1.807) is 18.2 Å². The number of amides is 1. The Labute approximate surface area is 124 Å². The number of benzene rings is 2. The molecule has 0 atom stereocenters. The molecule has 3 N–H and O–H groups in total. The SMILES string of the molecule is Cc1c(N)cccc1C(=O)NCCCOc1ccccc1. The van der Waals surface area contributed by atoms with E-state index in [1.807, 2.05) is 37.3 Å². The number of anilines is 1. The van der Waals surface area contributed by atoms with Crippen molar-refractivity contribution < 1.29 is 9.53 Å². The maximum Gasteiger partial charge on any atom is 0.251 e. The number of hydrogen-bond donors (Lipinski definition) is 2. The monoisotopic (exact) mass is 284 g/mol. The molecule has 110 valence electrons. The van der Waals surface area contributed by atoms with Gasteiger partial charge >= 0.3 is 0 Å². The highest BCUT2D eigenvalue weighted by molar-refractivity contribution is 5.96. The smallest absolute Gasteiger partial charge is 0.251 e. The molecule has 0 aliphatic carbocycles. The molecule has 0 aromatic heterocycles. The fraction of sp³-hybridized carbons (Fsp3) is 0.235. The molecular formula is C17H20N2O2. The topological polar surface area (TPSA) is 64.4 Å². The number of nitrogens with one attached hydrogen (secondary N) is 1. The molecular weight excluding hydrogens is 264 g/mol. The van der Waals surface area contributed by atoms with Gasteiger partial charge in [0.1, 0.15) is 5.75 Å². The molecule has 2 aromatic carbocycles. The summed E-state index contributed by atoms with van der Waals surface area (Å²) < 4.78 is 5.57. The zero-order chi connectivity index (χ0) is 15.1. The van der Waals surface area contributed by atoms with Crippen molar-refractivity contribution in [2.45, 2.75) is 13.3 Å². The first-order chi connectivity index (χ1) is 10.2. The van der Waals surface area contributed by atoms with Gasteiger partial charge in [-0.15, -0.1) is 0 Å². The van der Waals surface area contributed by atoms with E-state index in [0.717, 1.165) is 17.7 Å². The minimum Gasteiger partial charge on any atom is -0.494 e. The van der Waals surface area contributed by atoms with Crippen LogP contribution in [0.25, 0.3) is 0 Å². The molecule has 0 bridgehead atoms. The molecule has 4 heteroatoms. The van der Waals surface area contributed by atoms with Gasteiger partial charge in [0.2, 0.25) is 0 Å². The zero-order valence-corrected chi connectivity index (χ0v) is 12.1. The summed E-state index contributed by atoms with van der Waals surface area (Å²) in [4.78, 5) is 12.0. The number of ether oxygens (including phenoxy) is 1. The summed E-state index contributed by atoms with van der Waals surface area (Å²) in [7, 11) is 0. The van der Waals surface area contributed by atoms with Gasteiger partial charge in [-0.05, 0) is 43.2 Å². The Bertz CT molecular complexity index is 597. The van der Waals surface area contributed by atoms with Crippen LogP contribution in [0.1, 0.15) is 22.3 Å². The number of nitrogens with two attached hydrogens (primary N) is 1. The summed E-state index contributed by atoms with van der Waals surface area (Å²) in [6.45, 7) is 2.99. The van der Waals surface area contributed by atoms with Crippen LogP contribution in [0.15, 0.2) is 48.5 Å². The van der Waals surface area contributed by atoms with Gasteiger partial charge < -0.3 is 15.8 Å². The summed E-state index contributed by atoms with van der Waals surface area (Å²) in [6.07, 6.45) is 0.752. The highest BCUT2D eigenvalue weighted by Gasteiger charge is 2.09. The molecule has 0 radical (unpaired) electrons. The van der Waals surface area contributed by atoms with Crippen molar-refractivity contribution in [3.8, 4) is 5.75 Å². The highest BCUT2D eigenvalue weighted by Crippen LogP contribution is 2.15. The van der Waals surface area contributed by atoms with Crippen LogP contribution in [0.4, 0.5) is 5.69 Å². The number of nitrogen functional groups attached to an aromatic ring is 1. The van der Waals surface area contributed by atoms with Gasteiger partial charge in [0.15, 0.2) is 0 Å². The number of carbonyl (C=O) groups excluding carboxylic acids is 1. The Kier molecular flexibility index (Phi) is 5.21. The normalized spacial score (nSPS) is 10.1. The maximum absolute atomic E-state index is 12.0. The predicted octanol–water partition coefficient (Wildman–Crippen LogP) is 2.78. The molecule has 0 aliphatic heterocycles. The van der Waals surface area contributed by atoms with Crippen LogP contribution in [0.3, 0.4) is 0 Å². The Morgan fingerprint density at radius 3 is 2.67 bits per heavy atom.